The minimum absolute atomic E-state index is 0.00852. The first kappa shape index (κ1) is 29.0. The van der Waals surface area contributed by atoms with Crippen molar-refractivity contribution in [3.05, 3.63) is 56.9 Å². The summed E-state index contributed by atoms with van der Waals surface area (Å²) in [5.74, 6) is 0.816. The molecule has 2 rings (SSSR count). The van der Waals surface area contributed by atoms with Gasteiger partial charge < -0.3 is 0 Å². The number of hydrogen-bond donors (Lipinski definition) is 4. The van der Waals surface area contributed by atoms with Gasteiger partial charge in [0, 0.05) is 24.3 Å². The van der Waals surface area contributed by atoms with E-state index in [4.69, 9.17) is 43.6 Å². The molecule has 0 saturated carbocycles. The summed E-state index contributed by atoms with van der Waals surface area (Å²) in [6.07, 6.45) is 2.49. The van der Waals surface area contributed by atoms with E-state index in [9.17, 15) is 20.2 Å². The first-order chi connectivity index (χ1) is 13.4. The Balaban J connectivity index is 0. The fourth-order valence-corrected chi connectivity index (χ4v) is 1.08. The van der Waals surface area contributed by atoms with E-state index in [1.807, 2.05) is 0 Å². The van der Waals surface area contributed by atoms with E-state index >= 15 is 0 Å². The third-order valence-electron chi connectivity index (χ3n) is 2.06. The molecule has 30 heavy (non-hydrogen) atoms. The molecule has 168 valence electrons. The maximum absolute atomic E-state index is 10.1. The Kier molecular flexibility index (Phi) is 12.6. The van der Waals surface area contributed by atoms with Gasteiger partial charge >= 0.3 is 70.2 Å². The Hall–Kier alpha value is -3.22. The number of hydrogen-bond acceptors (Lipinski definition) is 12. The van der Waals surface area contributed by atoms with Crippen LogP contribution in [0, 0.1) is 20.2 Å². The SMILES string of the molecule is Nc1ccc([N+](=O)[O-])c[nH+]1.Nc1ccc([N+](=O)[O-])c[nH+]1.O=[Se](=O)([O-])O.O=[Se](=O)([O-])O. The standard InChI is InChI=1S/2C5H5N3O2.2H2O4Se/c2*6-5-2-1-4(3-7-5)8(9)10;2*1-5(2,3)4/h2*1-3H,(H2,6,7);2*(H2,1,2,3,4). The molecule has 2 aromatic heterocycles. The topological polar surface area (TPSA) is 321 Å². The quantitative estimate of drug-likeness (QED) is 0.150. The van der Waals surface area contributed by atoms with Crippen molar-refractivity contribution < 1.29 is 51.9 Å². The van der Waals surface area contributed by atoms with Crippen molar-refractivity contribution >= 4 is 49.7 Å². The molecular weight excluding hydrogens is 554 g/mol. The second-order valence-electron chi connectivity index (χ2n) is 4.37. The van der Waals surface area contributed by atoms with Gasteiger partial charge in [0.15, 0.2) is 12.4 Å². The molecule has 0 amide bonds. The van der Waals surface area contributed by atoms with Crippen molar-refractivity contribution in [3.63, 3.8) is 0 Å². The third-order valence-corrected chi connectivity index (χ3v) is 2.06. The van der Waals surface area contributed by atoms with Crippen molar-refractivity contribution in [2.24, 2.45) is 0 Å². The molecule has 0 unspecified atom stereocenters. The number of pyridine rings is 2. The van der Waals surface area contributed by atoms with E-state index in [0.717, 1.165) is 0 Å². The monoisotopic (exact) mass is 570 g/mol. The van der Waals surface area contributed by atoms with E-state index in [1.54, 1.807) is 0 Å². The number of nitrogens with one attached hydrogen (secondary N) is 2. The summed E-state index contributed by atoms with van der Waals surface area (Å²) >= 11 is -11.0. The van der Waals surface area contributed by atoms with Gasteiger partial charge in [0.05, 0.1) is 9.85 Å². The van der Waals surface area contributed by atoms with Crippen LogP contribution in [0.15, 0.2) is 36.7 Å². The molecule has 2 aromatic rings. The number of nitro groups is 2. The van der Waals surface area contributed by atoms with Crippen LogP contribution in [0.4, 0.5) is 23.0 Å². The second-order valence-corrected chi connectivity index (χ2v) is 7.96. The van der Waals surface area contributed by atoms with Crippen molar-refractivity contribution in [2.75, 3.05) is 11.5 Å². The number of nitrogen functional groups attached to an aromatic ring is 2. The van der Waals surface area contributed by atoms with Crippen LogP contribution in [0.2, 0.25) is 0 Å². The van der Waals surface area contributed by atoms with Crippen LogP contribution in [0.3, 0.4) is 0 Å². The zero-order valence-corrected chi connectivity index (χ0v) is 17.7. The number of rotatable bonds is 2. The van der Waals surface area contributed by atoms with E-state index in [2.05, 4.69) is 9.97 Å². The zero-order valence-electron chi connectivity index (χ0n) is 14.3. The van der Waals surface area contributed by atoms with Gasteiger partial charge in [-0.05, 0) is 0 Å². The molecule has 0 aliphatic rings. The van der Waals surface area contributed by atoms with Crippen LogP contribution in [-0.2, 0) is 15.3 Å². The first-order valence-electron chi connectivity index (χ1n) is 6.60. The summed E-state index contributed by atoms with van der Waals surface area (Å²) in [5.41, 5.74) is 10.5. The van der Waals surface area contributed by atoms with Gasteiger partial charge in [-0.15, -0.1) is 0 Å². The van der Waals surface area contributed by atoms with Crippen LogP contribution >= 0.6 is 0 Å². The van der Waals surface area contributed by atoms with Crippen LogP contribution < -0.4 is 29.8 Å². The predicted octanol–water partition coefficient (Wildman–Crippen LogP) is -4.75. The Labute approximate surface area is 170 Å². The molecule has 0 radical (unpaired) electrons. The molecule has 0 aliphatic heterocycles. The average molecular weight is 568 g/mol. The van der Waals surface area contributed by atoms with Crippen LogP contribution in [-0.4, -0.2) is 45.0 Å². The number of aromatic amines is 2. The van der Waals surface area contributed by atoms with Gasteiger partial charge in [-0.25, -0.2) is 9.97 Å². The van der Waals surface area contributed by atoms with E-state index < -0.39 is 36.6 Å². The molecule has 18 nitrogen and oxygen atoms in total. The van der Waals surface area contributed by atoms with Gasteiger partial charge in [-0.1, -0.05) is 0 Å². The Morgan fingerprint density at radius 2 is 0.967 bits per heavy atom. The van der Waals surface area contributed by atoms with E-state index in [-0.39, 0.29) is 11.4 Å². The number of nitrogens with two attached hydrogens (primary N) is 2. The third kappa shape index (κ3) is 22.8. The molecule has 0 bridgehead atoms. The van der Waals surface area contributed by atoms with E-state index in [0.29, 0.717) is 11.6 Å². The molecule has 0 aromatic carbocycles. The fraction of sp³-hybridized carbons (Fsp3) is 0. The molecule has 0 spiro atoms. The van der Waals surface area contributed by atoms with Crippen molar-refractivity contribution in [1.29, 1.82) is 0 Å². The summed E-state index contributed by atoms with van der Waals surface area (Å²) < 4.78 is 66.3. The van der Waals surface area contributed by atoms with Crippen LogP contribution in [0.1, 0.15) is 0 Å². The molecule has 20 heteroatoms. The predicted molar refractivity (Wildman–Crippen MR) is 86.8 cm³/mol. The molecule has 2 heterocycles. The second kappa shape index (κ2) is 13.1. The Morgan fingerprint density at radius 3 is 1.10 bits per heavy atom. The molecule has 0 aliphatic carbocycles. The van der Waals surface area contributed by atoms with Crippen molar-refractivity contribution in [3.8, 4) is 0 Å². The van der Waals surface area contributed by atoms with Gasteiger partial charge in [0.2, 0.25) is 0 Å². The van der Waals surface area contributed by atoms with Gasteiger partial charge in [0.25, 0.3) is 11.6 Å². The molecule has 0 saturated heterocycles. The number of nitrogens with zero attached hydrogens (tertiary/aromatic N) is 2. The average Bonchev–Trinajstić information content (AvgIpc) is 2.53. The normalized spacial score (nSPS) is 10.0. The summed E-state index contributed by atoms with van der Waals surface area (Å²) in [6.45, 7) is 0. The Bertz CT molecular complexity index is 923. The molecular formula is C10H14N6O12Se2. The van der Waals surface area contributed by atoms with Crippen molar-refractivity contribution in [1.82, 2.24) is 0 Å². The minimum atomic E-state index is -5.50. The van der Waals surface area contributed by atoms with Gasteiger partial charge in [-0.2, -0.15) is 0 Å². The zero-order chi connectivity index (χ0) is 24.1. The first-order valence-corrected chi connectivity index (χ1v) is 12.3. The van der Waals surface area contributed by atoms with Crippen LogP contribution in [0.5, 0.6) is 0 Å². The molecule has 0 atom stereocenters. The van der Waals surface area contributed by atoms with Gasteiger partial charge in [0.1, 0.15) is 0 Å². The number of anilines is 2. The maximum atomic E-state index is 10.1. The van der Waals surface area contributed by atoms with Crippen LogP contribution in [0.25, 0.3) is 0 Å². The Morgan fingerprint density at radius 1 is 0.733 bits per heavy atom. The number of H-pyrrole nitrogens is 2. The molecule has 8 N–H and O–H groups in total. The summed E-state index contributed by atoms with van der Waals surface area (Å²) in [4.78, 5) is 24.2. The van der Waals surface area contributed by atoms with Crippen molar-refractivity contribution in [2.45, 2.75) is 0 Å². The van der Waals surface area contributed by atoms with Gasteiger partial charge in [-0.3, -0.25) is 31.7 Å². The summed E-state index contributed by atoms with van der Waals surface area (Å²) in [5, 5.41) is 20.1. The molecule has 0 fully saturated rings. The summed E-state index contributed by atoms with van der Waals surface area (Å²) in [7, 11) is 0. The summed E-state index contributed by atoms with van der Waals surface area (Å²) in [6, 6.07) is 5.56. The number of aromatic nitrogens is 2. The fourth-order valence-electron chi connectivity index (χ4n) is 1.08. The van der Waals surface area contributed by atoms with E-state index in [1.165, 1.54) is 36.7 Å².